The van der Waals surface area contributed by atoms with E-state index in [2.05, 4.69) is 15.3 Å². The van der Waals surface area contributed by atoms with E-state index in [1.54, 1.807) is 23.6 Å². The van der Waals surface area contributed by atoms with Gasteiger partial charge in [0.2, 0.25) is 0 Å². The molecule has 0 fully saturated rings. The minimum Gasteiger partial charge on any atom is -0.378 e. The number of nitrogens with zero attached hydrogens (tertiary/aromatic N) is 3. The second-order valence-electron chi connectivity index (χ2n) is 3.26. The molecule has 1 N–H and O–H groups in total. The number of nitriles is 1. The summed E-state index contributed by atoms with van der Waals surface area (Å²) in [5, 5.41) is 12.9. The van der Waals surface area contributed by atoms with Gasteiger partial charge in [-0.1, -0.05) is 0 Å². The van der Waals surface area contributed by atoms with Crippen molar-refractivity contribution in [3.63, 3.8) is 0 Å². The molecule has 0 aliphatic carbocycles. The number of hydrogen-bond donors (Lipinski definition) is 1. The van der Waals surface area contributed by atoms with Crippen molar-refractivity contribution in [2.24, 2.45) is 0 Å². The second kappa shape index (κ2) is 4.73. The first-order chi connectivity index (χ1) is 7.78. The molecule has 0 radical (unpaired) electrons. The maximum Gasteiger partial charge on any atom is 0.142 e. The van der Waals surface area contributed by atoms with E-state index in [1.165, 1.54) is 4.88 Å². The van der Waals surface area contributed by atoms with Crippen LogP contribution in [-0.4, -0.2) is 9.97 Å². The highest BCUT2D eigenvalue weighted by molar-refractivity contribution is 7.11. The molecule has 0 aromatic carbocycles. The largest absolute Gasteiger partial charge is 0.378 e. The second-order valence-corrected chi connectivity index (χ2v) is 4.58. The summed E-state index contributed by atoms with van der Waals surface area (Å²) < 4.78 is 0. The van der Waals surface area contributed by atoms with E-state index in [0.717, 1.165) is 10.7 Å². The molecule has 0 spiro atoms. The summed E-state index contributed by atoms with van der Waals surface area (Å²) in [5.74, 6) is 0. The molecule has 0 bridgehead atoms. The molecule has 0 atom stereocenters. The fraction of sp³-hybridized carbons (Fsp3) is 0.182. The number of aromatic nitrogens is 2. The van der Waals surface area contributed by atoms with Crippen molar-refractivity contribution in [2.45, 2.75) is 13.5 Å². The Morgan fingerprint density at radius 3 is 3.06 bits per heavy atom. The molecule has 80 valence electrons. The zero-order valence-electron chi connectivity index (χ0n) is 8.77. The van der Waals surface area contributed by atoms with Crippen molar-refractivity contribution in [3.8, 4) is 6.07 Å². The summed E-state index contributed by atoms with van der Waals surface area (Å²) in [6.45, 7) is 2.70. The first kappa shape index (κ1) is 10.6. The van der Waals surface area contributed by atoms with Gasteiger partial charge in [0.1, 0.15) is 16.8 Å². The molecule has 0 aliphatic rings. The molecule has 0 unspecified atom stereocenters. The predicted octanol–water partition coefficient (Wildman–Crippen LogP) is 2.33. The normalized spacial score (nSPS) is 9.75. The smallest absolute Gasteiger partial charge is 0.142 e. The summed E-state index contributed by atoms with van der Waals surface area (Å²) in [7, 11) is 0. The summed E-state index contributed by atoms with van der Waals surface area (Å²) in [4.78, 5) is 9.35. The molecular formula is C11H10N4S. The van der Waals surface area contributed by atoms with E-state index >= 15 is 0 Å². The Hall–Kier alpha value is -1.93. The van der Waals surface area contributed by atoms with Crippen LogP contribution in [0.5, 0.6) is 0 Å². The first-order valence-corrected chi connectivity index (χ1v) is 5.61. The number of anilines is 1. The lowest BCUT2D eigenvalue weighted by Crippen LogP contribution is -1.99. The lowest BCUT2D eigenvalue weighted by Gasteiger charge is -2.03. The van der Waals surface area contributed by atoms with Crippen LogP contribution >= 0.6 is 11.3 Å². The third kappa shape index (κ3) is 2.55. The Morgan fingerprint density at radius 1 is 1.50 bits per heavy atom. The van der Waals surface area contributed by atoms with Crippen LogP contribution in [0, 0.1) is 18.3 Å². The van der Waals surface area contributed by atoms with E-state index in [4.69, 9.17) is 5.26 Å². The van der Waals surface area contributed by atoms with Gasteiger partial charge < -0.3 is 5.32 Å². The zero-order valence-corrected chi connectivity index (χ0v) is 9.58. The summed E-state index contributed by atoms with van der Waals surface area (Å²) in [5.41, 5.74) is 1.31. The maximum absolute atomic E-state index is 8.70. The zero-order chi connectivity index (χ0) is 11.4. The molecule has 0 saturated carbocycles. The fourth-order valence-corrected chi connectivity index (χ4v) is 1.99. The van der Waals surface area contributed by atoms with Crippen LogP contribution in [0.1, 0.15) is 15.6 Å². The maximum atomic E-state index is 8.70. The van der Waals surface area contributed by atoms with Crippen LogP contribution in [0.2, 0.25) is 0 Å². The SMILES string of the molecule is Cc1cnc(CNc2ccnc(C#N)c2)s1. The van der Waals surface area contributed by atoms with Crippen molar-refractivity contribution in [1.82, 2.24) is 9.97 Å². The number of thiazole rings is 1. The number of pyridine rings is 1. The highest BCUT2D eigenvalue weighted by Crippen LogP contribution is 2.14. The highest BCUT2D eigenvalue weighted by atomic mass is 32.1. The van der Waals surface area contributed by atoms with Crippen molar-refractivity contribution in [3.05, 3.63) is 40.1 Å². The first-order valence-electron chi connectivity index (χ1n) is 4.79. The highest BCUT2D eigenvalue weighted by Gasteiger charge is 1.99. The Balaban J connectivity index is 2.02. The fourth-order valence-electron chi connectivity index (χ4n) is 1.26. The summed E-state index contributed by atoms with van der Waals surface area (Å²) in [6.07, 6.45) is 3.48. The van der Waals surface area contributed by atoms with Gasteiger partial charge in [-0.15, -0.1) is 11.3 Å². The van der Waals surface area contributed by atoms with Gasteiger partial charge in [0.05, 0.1) is 6.54 Å². The standard InChI is InChI=1S/C11H10N4S/c1-8-6-15-11(16-8)7-14-9-2-3-13-10(4-9)5-12/h2-4,6H,7H2,1H3,(H,13,14). The van der Waals surface area contributed by atoms with Crippen molar-refractivity contribution in [2.75, 3.05) is 5.32 Å². The van der Waals surface area contributed by atoms with E-state index in [9.17, 15) is 0 Å². The van der Waals surface area contributed by atoms with Gasteiger partial charge in [0, 0.05) is 23.0 Å². The lowest BCUT2D eigenvalue weighted by molar-refractivity contribution is 1.10. The molecule has 2 aromatic rings. The van der Waals surface area contributed by atoms with E-state index in [0.29, 0.717) is 12.2 Å². The molecular weight excluding hydrogens is 220 g/mol. The van der Waals surface area contributed by atoms with Gasteiger partial charge in [-0.2, -0.15) is 5.26 Å². The van der Waals surface area contributed by atoms with Gasteiger partial charge in [0.25, 0.3) is 0 Å². The Labute approximate surface area is 97.6 Å². The lowest BCUT2D eigenvalue weighted by atomic mass is 10.3. The number of rotatable bonds is 3. The molecule has 2 rings (SSSR count). The average Bonchev–Trinajstić information content (AvgIpc) is 2.73. The molecule has 5 heteroatoms. The van der Waals surface area contributed by atoms with E-state index in [-0.39, 0.29) is 0 Å². The van der Waals surface area contributed by atoms with Crippen LogP contribution in [0.15, 0.2) is 24.5 Å². The molecule has 2 heterocycles. The minimum absolute atomic E-state index is 0.417. The summed E-state index contributed by atoms with van der Waals surface area (Å²) >= 11 is 1.66. The Kier molecular flexibility index (Phi) is 3.13. The monoisotopic (exact) mass is 230 g/mol. The topological polar surface area (TPSA) is 61.6 Å². The predicted molar refractivity (Wildman–Crippen MR) is 63.1 cm³/mol. The van der Waals surface area contributed by atoms with Crippen LogP contribution in [0.4, 0.5) is 5.69 Å². The van der Waals surface area contributed by atoms with Crippen LogP contribution in [0.25, 0.3) is 0 Å². The third-order valence-electron chi connectivity index (χ3n) is 1.99. The molecule has 0 saturated heterocycles. The van der Waals surface area contributed by atoms with Gasteiger partial charge in [-0.05, 0) is 19.1 Å². The van der Waals surface area contributed by atoms with Gasteiger partial charge in [-0.25, -0.2) is 9.97 Å². The van der Waals surface area contributed by atoms with E-state index < -0.39 is 0 Å². The molecule has 0 amide bonds. The average molecular weight is 230 g/mol. The number of aryl methyl sites for hydroxylation is 1. The van der Waals surface area contributed by atoms with Crippen molar-refractivity contribution < 1.29 is 0 Å². The number of hydrogen-bond acceptors (Lipinski definition) is 5. The van der Waals surface area contributed by atoms with Gasteiger partial charge in [0.15, 0.2) is 0 Å². The molecule has 2 aromatic heterocycles. The molecule has 0 aliphatic heterocycles. The van der Waals surface area contributed by atoms with Crippen LogP contribution in [0.3, 0.4) is 0 Å². The third-order valence-corrected chi connectivity index (χ3v) is 2.90. The van der Waals surface area contributed by atoms with Gasteiger partial charge in [-0.3, -0.25) is 0 Å². The van der Waals surface area contributed by atoms with Crippen molar-refractivity contribution in [1.29, 1.82) is 5.26 Å². The summed E-state index contributed by atoms with van der Waals surface area (Å²) in [6, 6.07) is 5.56. The van der Waals surface area contributed by atoms with E-state index in [1.807, 2.05) is 25.3 Å². The van der Waals surface area contributed by atoms with Crippen LogP contribution < -0.4 is 5.32 Å². The Bertz CT molecular complexity index is 527. The van der Waals surface area contributed by atoms with Crippen LogP contribution in [-0.2, 0) is 6.54 Å². The Morgan fingerprint density at radius 2 is 2.38 bits per heavy atom. The van der Waals surface area contributed by atoms with Crippen molar-refractivity contribution >= 4 is 17.0 Å². The molecule has 16 heavy (non-hydrogen) atoms. The molecule has 4 nitrogen and oxygen atoms in total. The minimum atomic E-state index is 0.417. The number of nitrogens with one attached hydrogen (secondary N) is 1. The van der Waals surface area contributed by atoms with Gasteiger partial charge >= 0.3 is 0 Å². The quantitative estimate of drug-likeness (QED) is 0.879.